The third kappa shape index (κ3) is 13.1. The van der Waals surface area contributed by atoms with Gasteiger partial charge in [0, 0.05) is 11.4 Å². The maximum absolute atomic E-state index is 13.4. The predicted octanol–water partition coefficient (Wildman–Crippen LogP) is 5.17. The minimum atomic E-state index is -4.45. The van der Waals surface area contributed by atoms with Crippen molar-refractivity contribution in [3.8, 4) is 0 Å². The van der Waals surface area contributed by atoms with Crippen molar-refractivity contribution in [2.75, 3.05) is 6.16 Å². The molecule has 2 amide bonds. The van der Waals surface area contributed by atoms with Crippen LogP contribution in [0.2, 0.25) is 0 Å². The van der Waals surface area contributed by atoms with Crippen LogP contribution in [0.5, 0.6) is 0 Å². The Morgan fingerprint density at radius 1 is 0.864 bits per heavy atom. The van der Waals surface area contributed by atoms with Crippen LogP contribution in [-0.2, 0) is 55.4 Å². The number of carbonyl (C=O) groups is 4. The zero-order chi connectivity index (χ0) is 32.9. The number of ether oxygens (including phenoxy) is 3. The lowest BCUT2D eigenvalue weighted by molar-refractivity contribution is -0.169. The van der Waals surface area contributed by atoms with Crippen molar-refractivity contribution in [3.05, 3.63) is 70.2 Å². The molecule has 0 aliphatic heterocycles. The number of amides is 2. The number of carbonyl (C=O) groups excluding carboxylic acids is 4. The highest BCUT2D eigenvalue weighted by atomic mass is 79.9. The van der Waals surface area contributed by atoms with Crippen LogP contribution in [0, 0.1) is 11.8 Å². The highest BCUT2D eigenvalue weighted by Gasteiger charge is 2.36. The van der Waals surface area contributed by atoms with E-state index in [2.05, 4.69) is 31.2 Å². The van der Waals surface area contributed by atoms with Gasteiger partial charge < -0.3 is 19.5 Å². The van der Waals surface area contributed by atoms with Gasteiger partial charge in [-0.15, -0.1) is 0 Å². The third-order valence-corrected chi connectivity index (χ3v) is 8.24. The van der Waals surface area contributed by atoms with Crippen LogP contribution in [0.3, 0.4) is 0 Å². The molecule has 15 heteroatoms. The standard InChI is InChI=1S/C29H38BrN2O11P/c1-18(2)27(34)40-21(5)41-29(36)32-20(4)42-44(38,43-37)17-24(15-22-11-13-25(30)14-12-22)26(33)31-19(3)28(35)39-16-23-9-7-6-8-10-23/h6-14,18-21,24,37H,15-17H2,1-5H3,(H,31,33)(H,32,36). The highest BCUT2D eigenvalue weighted by molar-refractivity contribution is 9.10. The van der Waals surface area contributed by atoms with Crippen LogP contribution < -0.4 is 10.6 Å². The topological polar surface area (TPSA) is 176 Å². The van der Waals surface area contributed by atoms with Gasteiger partial charge in [0.05, 0.1) is 18.0 Å². The number of esters is 2. The van der Waals surface area contributed by atoms with Crippen molar-refractivity contribution in [1.82, 2.24) is 10.6 Å². The van der Waals surface area contributed by atoms with E-state index >= 15 is 0 Å². The van der Waals surface area contributed by atoms with Gasteiger partial charge in [0.1, 0.15) is 18.9 Å². The summed E-state index contributed by atoms with van der Waals surface area (Å²) >= 11 is 3.34. The van der Waals surface area contributed by atoms with Crippen molar-refractivity contribution in [2.24, 2.45) is 11.8 Å². The normalized spacial score (nSPS) is 15.2. The first kappa shape index (κ1) is 36.9. The summed E-state index contributed by atoms with van der Waals surface area (Å²) in [4.78, 5) is 49.8. The Balaban J connectivity index is 2.08. The van der Waals surface area contributed by atoms with Crippen molar-refractivity contribution in [2.45, 2.75) is 66.2 Å². The Morgan fingerprint density at radius 2 is 1.50 bits per heavy atom. The SMILES string of the molecule is CC(NC(=O)OC(C)OC(=O)C(C)C)OP(=O)(CC(Cc1ccc(Br)cc1)C(=O)NC(C)C(=O)OCc1ccccc1)OO. The molecule has 0 aliphatic carbocycles. The predicted molar refractivity (Wildman–Crippen MR) is 162 cm³/mol. The molecule has 2 rings (SSSR count). The Morgan fingerprint density at radius 3 is 2.09 bits per heavy atom. The monoisotopic (exact) mass is 700 g/mol. The summed E-state index contributed by atoms with van der Waals surface area (Å²) < 4.78 is 38.9. The van der Waals surface area contributed by atoms with Gasteiger partial charge in [0.25, 0.3) is 0 Å². The number of hydrogen-bond donors (Lipinski definition) is 3. The zero-order valence-corrected chi connectivity index (χ0v) is 27.5. The summed E-state index contributed by atoms with van der Waals surface area (Å²) in [5.41, 5.74) is 1.44. The van der Waals surface area contributed by atoms with E-state index in [9.17, 15) is 29.0 Å². The first-order valence-corrected chi connectivity index (χ1v) is 16.3. The molecule has 13 nitrogen and oxygen atoms in total. The molecule has 44 heavy (non-hydrogen) atoms. The summed E-state index contributed by atoms with van der Waals surface area (Å²) in [6, 6.07) is 14.9. The highest BCUT2D eigenvalue weighted by Crippen LogP contribution is 2.50. The van der Waals surface area contributed by atoms with E-state index in [0.29, 0.717) is 5.56 Å². The average Bonchev–Trinajstić information content (AvgIpc) is 2.96. The maximum Gasteiger partial charge on any atom is 0.412 e. The minimum absolute atomic E-state index is 0.00978. The van der Waals surface area contributed by atoms with Crippen LogP contribution in [-0.4, -0.2) is 53.9 Å². The fraction of sp³-hybridized carbons (Fsp3) is 0.448. The van der Waals surface area contributed by atoms with Gasteiger partial charge in [-0.3, -0.25) is 24.0 Å². The van der Waals surface area contributed by atoms with Gasteiger partial charge in [-0.25, -0.2) is 14.8 Å². The molecule has 0 aromatic heterocycles. The number of halogens is 1. The van der Waals surface area contributed by atoms with Crippen LogP contribution in [0.25, 0.3) is 0 Å². The lowest BCUT2D eigenvalue weighted by Gasteiger charge is -2.25. The lowest BCUT2D eigenvalue weighted by Crippen LogP contribution is -2.44. The quantitative estimate of drug-likeness (QED) is 0.0692. The van der Waals surface area contributed by atoms with E-state index in [1.54, 1.807) is 62.4 Å². The smallest absolute Gasteiger partial charge is 0.412 e. The molecule has 0 heterocycles. The Kier molecular flexibility index (Phi) is 15.0. The van der Waals surface area contributed by atoms with Crippen molar-refractivity contribution < 1.29 is 52.4 Å². The Hall–Kier alpha value is -3.29. The number of nitrogens with one attached hydrogen (secondary N) is 2. The van der Waals surface area contributed by atoms with E-state index in [4.69, 9.17) is 18.7 Å². The van der Waals surface area contributed by atoms with Gasteiger partial charge in [0.15, 0.2) is 0 Å². The van der Waals surface area contributed by atoms with Crippen molar-refractivity contribution in [3.63, 3.8) is 0 Å². The van der Waals surface area contributed by atoms with Crippen molar-refractivity contribution >= 4 is 47.5 Å². The molecule has 0 saturated carbocycles. The van der Waals surface area contributed by atoms with Gasteiger partial charge in [-0.2, -0.15) is 4.67 Å². The second kappa shape index (κ2) is 17.9. The fourth-order valence-electron chi connectivity index (χ4n) is 3.70. The van der Waals surface area contributed by atoms with Crippen LogP contribution in [0.1, 0.15) is 45.7 Å². The molecule has 3 N–H and O–H groups in total. The van der Waals surface area contributed by atoms with Crippen LogP contribution in [0.15, 0.2) is 59.1 Å². The largest absolute Gasteiger partial charge is 0.459 e. The second-order valence-electron chi connectivity index (χ2n) is 10.2. The van der Waals surface area contributed by atoms with E-state index in [-0.39, 0.29) is 13.0 Å². The number of alkyl carbamates (subject to hydrolysis) is 1. The summed E-state index contributed by atoms with van der Waals surface area (Å²) in [6.07, 6.45) is -4.22. The lowest BCUT2D eigenvalue weighted by atomic mass is 10.00. The van der Waals surface area contributed by atoms with Gasteiger partial charge in [-0.05, 0) is 43.5 Å². The molecular formula is C29H38BrN2O11P. The van der Waals surface area contributed by atoms with E-state index in [1.165, 1.54) is 20.8 Å². The summed E-state index contributed by atoms with van der Waals surface area (Å²) in [5.74, 6) is -3.51. The van der Waals surface area contributed by atoms with E-state index < -0.39 is 68.1 Å². The summed E-state index contributed by atoms with van der Waals surface area (Å²) in [7, 11) is -4.45. The average molecular weight is 702 g/mol. The summed E-state index contributed by atoms with van der Waals surface area (Å²) in [6.45, 7) is 7.29. The number of benzene rings is 2. The molecule has 0 fully saturated rings. The second-order valence-corrected chi connectivity index (χ2v) is 13.1. The van der Waals surface area contributed by atoms with E-state index in [0.717, 1.165) is 10.0 Å². The van der Waals surface area contributed by atoms with Gasteiger partial charge >= 0.3 is 25.6 Å². The van der Waals surface area contributed by atoms with Gasteiger partial charge in [0.2, 0.25) is 12.2 Å². The molecule has 2 aromatic rings. The van der Waals surface area contributed by atoms with Crippen LogP contribution >= 0.6 is 23.5 Å². The van der Waals surface area contributed by atoms with Crippen molar-refractivity contribution in [1.29, 1.82) is 0 Å². The van der Waals surface area contributed by atoms with Crippen LogP contribution in [0.4, 0.5) is 4.79 Å². The maximum atomic E-state index is 13.4. The Labute approximate surface area is 264 Å². The minimum Gasteiger partial charge on any atom is -0.459 e. The third-order valence-electron chi connectivity index (χ3n) is 5.94. The molecule has 5 unspecified atom stereocenters. The molecular weight excluding hydrogens is 663 g/mol. The van der Waals surface area contributed by atoms with E-state index in [1.807, 2.05) is 6.07 Å². The first-order valence-electron chi connectivity index (χ1n) is 13.7. The molecule has 2 aromatic carbocycles. The molecule has 0 aliphatic rings. The number of hydrogen-bond acceptors (Lipinski definition) is 11. The summed E-state index contributed by atoms with van der Waals surface area (Å²) in [5, 5.41) is 14.3. The molecule has 0 bridgehead atoms. The molecule has 0 radical (unpaired) electrons. The molecule has 242 valence electrons. The number of rotatable bonds is 16. The first-order chi connectivity index (χ1) is 20.7. The molecule has 0 saturated heterocycles. The van der Waals surface area contributed by atoms with Gasteiger partial charge in [-0.1, -0.05) is 72.2 Å². The fourth-order valence-corrected chi connectivity index (χ4v) is 5.52. The molecule has 5 atom stereocenters. The zero-order valence-electron chi connectivity index (χ0n) is 25.1. The molecule has 0 spiro atoms. The Bertz CT molecular complexity index is 1290.